The average molecular weight is 542 g/mol. The van der Waals surface area contributed by atoms with Crippen LogP contribution in [0.1, 0.15) is 43.2 Å². The molecular weight excluding hydrogens is 511 g/mol. The summed E-state index contributed by atoms with van der Waals surface area (Å²) in [7, 11) is 3.56. The van der Waals surface area contributed by atoms with Crippen molar-refractivity contribution in [1.29, 1.82) is 0 Å². The van der Waals surface area contributed by atoms with Gasteiger partial charge in [0.25, 0.3) is 0 Å². The number of nitrogens with one attached hydrogen (secondary N) is 1. The Balaban J connectivity index is 1.03. The predicted molar refractivity (Wildman–Crippen MR) is 137 cm³/mol. The van der Waals surface area contributed by atoms with Crippen LogP contribution in [0.5, 0.6) is 5.88 Å². The SMILES string of the molecule is CN(C)Cc1cc(OC2CCN(C3CC(n4cc(-c5ncnc6[nH]ccc56)cn4)C3)CC2)nc(C(F)(F)F)n1. The third-order valence-corrected chi connectivity index (χ3v) is 7.46. The summed E-state index contributed by atoms with van der Waals surface area (Å²) in [6.45, 7) is 1.94. The van der Waals surface area contributed by atoms with E-state index in [4.69, 9.17) is 4.74 Å². The van der Waals surface area contributed by atoms with Gasteiger partial charge in [-0.15, -0.1) is 0 Å². The van der Waals surface area contributed by atoms with Crippen molar-refractivity contribution >= 4 is 11.0 Å². The minimum Gasteiger partial charge on any atom is -0.474 e. The molecule has 39 heavy (non-hydrogen) atoms. The van der Waals surface area contributed by atoms with E-state index in [-0.39, 0.29) is 24.2 Å². The van der Waals surface area contributed by atoms with E-state index in [1.807, 2.05) is 23.1 Å². The van der Waals surface area contributed by atoms with E-state index in [9.17, 15) is 13.2 Å². The number of aromatic nitrogens is 7. The maximum Gasteiger partial charge on any atom is 0.451 e. The van der Waals surface area contributed by atoms with Crippen LogP contribution in [-0.4, -0.2) is 83.8 Å². The molecule has 2 fully saturated rings. The number of halogens is 3. The van der Waals surface area contributed by atoms with E-state index < -0.39 is 12.0 Å². The van der Waals surface area contributed by atoms with Crippen molar-refractivity contribution in [2.75, 3.05) is 27.2 Å². The Kier molecular flexibility index (Phi) is 6.71. The highest BCUT2D eigenvalue weighted by atomic mass is 19.4. The fourth-order valence-electron chi connectivity index (χ4n) is 5.43. The van der Waals surface area contributed by atoms with E-state index in [2.05, 4.69) is 41.1 Å². The van der Waals surface area contributed by atoms with Gasteiger partial charge in [-0.25, -0.2) is 15.0 Å². The summed E-state index contributed by atoms with van der Waals surface area (Å²) < 4.78 is 47.9. The Hall–Kier alpha value is -3.58. The van der Waals surface area contributed by atoms with Crippen LogP contribution in [0.2, 0.25) is 0 Å². The minimum absolute atomic E-state index is 0.00794. The molecule has 6 rings (SSSR count). The minimum atomic E-state index is -4.62. The van der Waals surface area contributed by atoms with Crippen molar-refractivity contribution in [3.8, 4) is 17.1 Å². The zero-order chi connectivity index (χ0) is 27.1. The number of rotatable bonds is 7. The highest BCUT2D eigenvalue weighted by Gasteiger charge is 2.38. The van der Waals surface area contributed by atoms with Crippen LogP contribution in [0.25, 0.3) is 22.3 Å². The molecule has 0 spiro atoms. The van der Waals surface area contributed by atoms with Crippen LogP contribution in [0, 0.1) is 0 Å². The summed E-state index contributed by atoms with van der Waals surface area (Å²) in [4.78, 5) is 23.4. The van der Waals surface area contributed by atoms with Gasteiger partial charge in [0.2, 0.25) is 11.7 Å². The molecule has 5 heterocycles. The van der Waals surface area contributed by atoms with E-state index in [1.54, 1.807) is 25.3 Å². The number of alkyl halides is 3. The van der Waals surface area contributed by atoms with Crippen LogP contribution in [-0.2, 0) is 12.7 Å². The molecule has 0 radical (unpaired) electrons. The first-order chi connectivity index (χ1) is 18.7. The fraction of sp³-hybridized carbons (Fsp3) is 0.500. The van der Waals surface area contributed by atoms with Crippen LogP contribution in [0.15, 0.2) is 37.1 Å². The van der Waals surface area contributed by atoms with Crippen molar-refractivity contribution < 1.29 is 17.9 Å². The third-order valence-electron chi connectivity index (χ3n) is 7.46. The molecule has 0 atom stereocenters. The monoisotopic (exact) mass is 541 g/mol. The summed E-state index contributed by atoms with van der Waals surface area (Å²) in [5.74, 6) is -1.17. The van der Waals surface area contributed by atoms with Gasteiger partial charge < -0.3 is 14.6 Å². The number of fused-ring (bicyclic) bond motifs is 1. The second kappa shape index (κ2) is 10.2. The topological polar surface area (TPSA) is 101 Å². The zero-order valence-corrected chi connectivity index (χ0v) is 21.8. The van der Waals surface area contributed by atoms with E-state index in [0.29, 0.717) is 12.1 Å². The van der Waals surface area contributed by atoms with Crippen molar-refractivity contribution in [1.82, 2.24) is 44.5 Å². The Labute approximate surface area is 223 Å². The average Bonchev–Trinajstić information content (AvgIpc) is 3.53. The molecule has 4 aromatic rings. The van der Waals surface area contributed by atoms with Gasteiger partial charge in [-0.2, -0.15) is 23.3 Å². The second-order valence-corrected chi connectivity index (χ2v) is 10.6. The quantitative estimate of drug-likeness (QED) is 0.376. The van der Waals surface area contributed by atoms with Gasteiger partial charge in [0.05, 0.1) is 23.6 Å². The maximum absolute atomic E-state index is 13.3. The number of H-pyrrole nitrogens is 1. The number of hydrogen-bond donors (Lipinski definition) is 1. The lowest BCUT2D eigenvalue weighted by molar-refractivity contribution is -0.145. The molecular formula is C26H30F3N9O. The third kappa shape index (κ3) is 5.46. The van der Waals surface area contributed by atoms with E-state index in [1.165, 1.54) is 6.07 Å². The van der Waals surface area contributed by atoms with Crippen LogP contribution >= 0.6 is 0 Å². The first kappa shape index (κ1) is 25.7. The standard InChI is InChI=1S/C26H30F3N9O/c1-36(2)14-17-9-22(35-25(34-17)26(27,28)29)39-20-4-7-37(8-5-20)18-10-19(11-18)38-13-16(12-33-38)23-21-3-6-30-24(21)32-15-31-23/h3,6,9,12-13,15,18-20H,4-5,7-8,10-11,14H2,1-2H3,(H,30,31,32). The molecule has 0 aromatic carbocycles. The first-order valence-corrected chi connectivity index (χ1v) is 13.1. The lowest BCUT2D eigenvalue weighted by Crippen LogP contribution is -2.50. The Morgan fingerprint density at radius 1 is 1.10 bits per heavy atom. The van der Waals surface area contributed by atoms with Gasteiger partial charge in [0.1, 0.15) is 18.1 Å². The summed E-state index contributed by atoms with van der Waals surface area (Å²) in [6, 6.07) is 4.27. The molecule has 0 unspecified atom stereocenters. The Morgan fingerprint density at radius 2 is 1.90 bits per heavy atom. The number of nitrogens with zero attached hydrogens (tertiary/aromatic N) is 8. The van der Waals surface area contributed by atoms with Gasteiger partial charge in [-0.05, 0) is 45.8 Å². The van der Waals surface area contributed by atoms with Gasteiger partial charge in [0.15, 0.2) is 0 Å². The molecule has 10 nitrogen and oxygen atoms in total. The van der Waals surface area contributed by atoms with Gasteiger partial charge >= 0.3 is 6.18 Å². The summed E-state index contributed by atoms with van der Waals surface area (Å²) >= 11 is 0. The second-order valence-electron chi connectivity index (χ2n) is 10.6. The van der Waals surface area contributed by atoms with Crippen molar-refractivity contribution in [3.05, 3.63) is 48.6 Å². The van der Waals surface area contributed by atoms with Gasteiger partial charge in [0, 0.05) is 55.1 Å². The molecule has 1 aliphatic carbocycles. The molecule has 4 aromatic heterocycles. The molecule has 1 N–H and O–H groups in total. The maximum atomic E-state index is 13.3. The molecule has 0 amide bonds. The highest BCUT2D eigenvalue weighted by Crippen LogP contribution is 2.38. The first-order valence-electron chi connectivity index (χ1n) is 13.1. The molecule has 1 saturated heterocycles. The molecule has 1 saturated carbocycles. The van der Waals surface area contributed by atoms with Gasteiger partial charge in [-0.3, -0.25) is 9.58 Å². The molecule has 2 aliphatic rings. The fourth-order valence-corrected chi connectivity index (χ4v) is 5.43. The molecule has 0 bridgehead atoms. The van der Waals surface area contributed by atoms with Crippen molar-refractivity contribution in [2.24, 2.45) is 0 Å². The highest BCUT2D eigenvalue weighted by molar-refractivity contribution is 5.89. The summed E-state index contributed by atoms with van der Waals surface area (Å²) in [6.07, 6.45) is 6.01. The van der Waals surface area contributed by atoms with Crippen LogP contribution in [0.4, 0.5) is 13.2 Å². The van der Waals surface area contributed by atoms with Gasteiger partial charge in [-0.1, -0.05) is 0 Å². The lowest BCUT2D eigenvalue weighted by Gasteiger charge is -2.45. The van der Waals surface area contributed by atoms with E-state index >= 15 is 0 Å². The summed E-state index contributed by atoms with van der Waals surface area (Å²) in [5, 5.41) is 5.58. The number of ether oxygens (including phenoxy) is 1. The Bertz CT molecular complexity index is 1440. The van der Waals surface area contributed by atoms with Crippen molar-refractivity contribution in [3.63, 3.8) is 0 Å². The molecule has 1 aliphatic heterocycles. The predicted octanol–water partition coefficient (Wildman–Crippen LogP) is 3.94. The molecule has 13 heteroatoms. The number of hydrogen-bond acceptors (Lipinski definition) is 8. The zero-order valence-electron chi connectivity index (χ0n) is 21.8. The lowest BCUT2D eigenvalue weighted by atomic mass is 9.84. The van der Waals surface area contributed by atoms with E-state index in [0.717, 1.165) is 61.1 Å². The van der Waals surface area contributed by atoms with Crippen molar-refractivity contribution in [2.45, 2.75) is 56.6 Å². The van der Waals surface area contributed by atoms with Crippen LogP contribution < -0.4 is 4.74 Å². The Morgan fingerprint density at radius 3 is 2.64 bits per heavy atom. The molecule has 206 valence electrons. The summed E-state index contributed by atoms with van der Waals surface area (Å²) in [5.41, 5.74) is 2.92. The number of aromatic amines is 1. The normalized spacial score (nSPS) is 21.0. The number of likely N-dealkylation sites (tertiary alicyclic amines) is 1. The van der Waals surface area contributed by atoms with Crippen LogP contribution in [0.3, 0.4) is 0 Å². The smallest absolute Gasteiger partial charge is 0.451 e. The number of piperidine rings is 1. The largest absolute Gasteiger partial charge is 0.474 e.